The van der Waals surface area contributed by atoms with Gasteiger partial charge in [-0.25, -0.2) is 0 Å². The van der Waals surface area contributed by atoms with Gasteiger partial charge in [0.15, 0.2) is 0 Å². The number of hydrogen-bond donors (Lipinski definition) is 1. The summed E-state index contributed by atoms with van der Waals surface area (Å²) in [4.78, 5) is 4.41. The van der Waals surface area contributed by atoms with Gasteiger partial charge in [-0.05, 0) is 37.3 Å². The number of nitrogen functional groups attached to an aromatic ring is 1. The summed E-state index contributed by atoms with van der Waals surface area (Å²) in [5.74, 6) is 0.651. The Morgan fingerprint density at radius 3 is 2.83 bits per heavy atom. The largest absolute Gasteiger partial charge is 0.492 e. The van der Waals surface area contributed by atoms with Crippen LogP contribution in [0, 0.1) is 6.92 Å². The van der Waals surface area contributed by atoms with Gasteiger partial charge in [-0.3, -0.25) is 4.98 Å². The Hall–Kier alpha value is -1.74. The number of nitrogens with zero attached hydrogens (tertiary/aromatic N) is 1. The highest BCUT2D eigenvalue weighted by atomic mass is 35.5. The number of ether oxygens (including phenoxy) is 1. The van der Waals surface area contributed by atoms with Gasteiger partial charge in [0.25, 0.3) is 0 Å². The molecule has 1 aromatic carbocycles. The van der Waals surface area contributed by atoms with Gasteiger partial charge in [0, 0.05) is 23.5 Å². The number of rotatable bonds is 4. The van der Waals surface area contributed by atoms with Crippen LogP contribution in [-0.2, 0) is 6.42 Å². The van der Waals surface area contributed by atoms with Gasteiger partial charge < -0.3 is 10.5 Å². The van der Waals surface area contributed by atoms with Gasteiger partial charge in [-0.1, -0.05) is 17.7 Å². The number of aryl methyl sites for hydroxylation is 1. The first-order valence-electron chi connectivity index (χ1n) is 5.75. The average Bonchev–Trinajstić information content (AvgIpc) is 2.32. The predicted octanol–water partition coefficient (Wildman–Crippen LogP) is 3.25. The van der Waals surface area contributed by atoms with Crippen molar-refractivity contribution >= 4 is 17.3 Å². The summed E-state index contributed by atoms with van der Waals surface area (Å²) in [6, 6.07) is 11.2. The first kappa shape index (κ1) is 12.7. The summed E-state index contributed by atoms with van der Waals surface area (Å²) < 4.78 is 5.61. The van der Waals surface area contributed by atoms with E-state index in [4.69, 9.17) is 22.1 Å². The lowest BCUT2D eigenvalue weighted by Crippen LogP contribution is -2.04. The number of pyridine rings is 1. The Kier molecular flexibility index (Phi) is 4.05. The van der Waals surface area contributed by atoms with E-state index in [1.54, 1.807) is 18.2 Å². The minimum atomic E-state index is 0.534. The number of halogens is 1. The lowest BCUT2D eigenvalue weighted by molar-refractivity contribution is 0.320. The summed E-state index contributed by atoms with van der Waals surface area (Å²) in [6.45, 7) is 2.52. The number of nitrogens with two attached hydrogens (primary N) is 1. The lowest BCUT2D eigenvalue weighted by Gasteiger charge is -2.08. The number of anilines is 1. The van der Waals surface area contributed by atoms with Crippen LogP contribution in [0.15, 0.2) is 36.4 Å². The molecule has 2 N–H and O–H groups in total. The van der Waals surface area contributed by atoms with E-state index in [-0.39, 0.29) is 0 Å². The molecule has 0 bridgehead atoms. The molecule has 0 saturated heterocycles. The molecule has 0 aliphatic heterocycles. The fourth-order valence-corrected chi connectivity index (χ4v) is 1.88. The third kappa shape index (κ3) is 3.37. The first-order valence-corrected chi connectivity index (χ1v) is 6.13. The van der Waals surface area contributed by atoms with Crippen LogP contribution in [0.1, 0.15) is 11.4 Å². The molecule has 0 aliphatic carbocycles. The monoisotopic (exact) mass is 262 g/mol. The fraction of sp³-hybridized carbons (Fsp3) is 0.214. The van der Waals surface area contributed by atoms with Crippen molar-refractivity contribution in [3.05, 3.63) is 52.8 Å². The smallest absolute Gasteiger partial charge is 0.138 e. The van der Waals surface area contributed by atoms with Crippen LogP contribution in [-0.4, -0.2) is 11.6 Å². The summed E-state index contributed by atoms with van der Waals surface area (Å²) in [5, 5.41) is 0.534. The average molecular weight is 263 g/mol. The van der Waals surface area contributed by atoms with Crippen molar-refractivity contribution in [1.82, 2.24) is 4.98 Å². The zero-order chi connectivity index (χ0) is 13.0. The van der Waals surface area contributed by atoms with Crippen molar-refractivity contribution in [2.45, 2.75) is 13.3 Å². The number of benzene rings is 1. The van der Waals surface area contributed by atoms with E-state index in [2.05, 4.69) is 4.98 Å². The summed E-state index contributed by atoms with van der Waals surface area (Å²) in [5.41, 5.74) is 8.27. The maximum atomic E-state index is 6.02. The SMILES string of the molecule is Cc1cccc(CCOc2ccc(N)cc2Cl)n1. The van der Waals surface area contributed by atoms with Crippen molar-refractivity contribution in [2.24, 2.45) is 0 Å². The summed E-state index contributed by atoms with van der Waals surface area (Å²) >= 11 is 6.02. The topological polar surface area (TPSA) is 48.1 Å². The molecular weight excluding hydrogens is 248 g/mol. The van der Waals surface area contributed by atoms with Gasteiger partial charge >= 0.3 is 0 Å². The molecule has 2 rings (SSSR count). The molecule has 0 aliphatic rings. The normalized spacial score (nSPS) is 10.3. The van der Waals surface area contributed by atoms with Gasteiger partial charge in [-0.15, -0.1) is 0 Å². The van der Waals surface area contributed by atoms with E-state index >= 15 is 0 Å². The van der Waals surface area contributed by atoms with Crippen LogP contribution in [0.4, 0.5) is 5.69 Å². The molecule has 0 radical (unpaired) electrons. The van der Waals surface area contributed by atoms with E-state index in [1.165, 1.54) is 0 Å². The molecule has 3 nitrogen and oxygen atoms in total. The maximum Gasteiger partial charge on any atom is 0.138 e. The van der Waals surface area contributed by atoms with Crippen LogP contribution in [0.25, 0.3) is 0 Å². The molecule has 1 heterocycles. The third-order valence-electron chi connectivity index (χ3n) is 2.52. The molecule has 0 atom stereocenters. The Morgan fingerprint density at radius 2 is 2.11 bits per heavy atom. The maximum absolute atomic E-state index is 6.02. The van der Waals surface area contributed by atoms with Gasteiger partial charge in [-0.2, -0.15) is 0 Å². The minimum Gasteiger partial charge on any atom is -0.492 e. The van der Waals surface area contributed by atoms with Crippen LogP contribution in [0.3, 0.4) is 0 Å². The summed E-state index contributed by atoms with van der Waals surface area (Å²) in [6.07, 6.45) is 0.752. The van der Waals surface area contributed by atoms with Crippen molar-refractivity contribution in [2.75, 3.05) is 12.3 Å². The molecule has 18 heavy (non-hydrogen) atoms. The van der Waals surface area contributed by atoms with Crippen molar-refractivity contribution < 1.29 is 4.74 Å². The second-order valence-corrected chi connectivity index (χ2v) is 4.47. The molecular formula is C14H15ClN2O. The van der Waals surface area contributed by atoms with Crippen LogP contribution < -0.4 is 10.5 Å². The minimum absolute atomic E-state index is 0.534. The highest BCUT2D eigenvalue weighted by Gasteiger charge is 2.02. The molecule has 4 heteroatoms. The molecule has 0 fully saturated rings. The molecule has 2 aromatic rings. The van der Waals surface area contributed by atoms with E-state index < -0.39 is 0 Å². The highest BCUT2D eigenvalue weighted by molar-refractivity contribution is 6.32. The van der Waals surface area contributed by atoms with E-state index in [0.29, 0.717) is 23.1 Å². The highest BCUT2D eigenvalue weighted by Crippen LogP contribution is 2.26. The van der Waals surface area contributed by atoms with Crippen molar-refractivity contribution in [3.63, 3.8) is 0 Å². The fourth-order valence-electron chi connectivity index (χ4n) is 1.64. The number of hydrogen-bond acceptors (Lipinski definition) is 3. The van der Waals surface area contributed by atoms with E-state index in [0.717, 1.165) is 17.8 Å². The molecule has 1 aromatic heterocycles. The Labute approximate surface area is 112 Å². The standard InChI is InChI=1S/C14H15ClN2O/c1-10-3-2-4-12(17-10)7-8-18-14-6-5-11(16)9-13(14)15/h2-6,9H,7-8,16H2,1H3. The molecule has 0 unspecified atom stereocenters. The van der Waals surface area contributed by atoms with E-state index in [9.17, 15) is 0 Å². The van der Waals surface area contributed by atoms with Crippen LogP contribution >= 0.6 is 11.6 Å². The van der Waals surface area contributed by atoms with Crippen molar-refractivity contribution in [3.8, 4) is 5.75 Å². The van der Waals surface area contributed by atoms with Crippen LogP contribution in [0.5, 0.6) is 5.75 Å². The Morgan fingerprint density at radius 1 is 1.28 bits per heavy atom. The second kappa shape index (κ2) is 5.74. The zero-order valence-electron chi connectivity index (χ0n) is 10.2. The summed E-state index contributed by atoms with van der Waals surface area (Å²) in [7, 11) is 0. The van der Waals surface area contributed by atoms with Gasteiger partial charge in [0.1, 0.15) is 5.75 Å². The number of aromatic nitrogens is 1. The van der Waals surface area contributed by atoms with Gasteiger partial charge in [0.05, 0.1) is 11.6 Å². The Balaban J connectivity index is 1.92. The quantitative estimate of drug-likeness (QED) is 0.861. The second-order valence-electron chi connectivity index (χ2n) is 4.06. The van der Waals surface area contributed by atoms with Gasteiger partial charge in [0.2, 0.25) is 0 Å². The Bertz CT molecular complexity index is 543. The van der Waals surface area contributed by atoms with E-state index in [1.807, 2.05) is 25.1 Å². The first-order chi connectivity index (χ1) is 8.65. The zero-order valence-corrected chi connectivity index (χ0v) is 10.9. The predicted molar refractivity (Wildman–Crippen MR) is 74.0 cm³/mol. The lowest BCUT2D eigenvalue weighted by atomic mass is 10.2. The third-order valence-corrected chi connectivity index (χ3v) is 2.81. The van der Waals surface area contributed by atoms with Crippen molar-refractivity contribution in [1.29, 1.82) is 0 Å². The molecule has 0 amide bonds. The molecule has 0 saturated carbocycles. The molecule has 0 spiro atoms. The van der Waals surface area contributed by atoms with Crippen LogP contribution in [0.2, 0.25) is 5.02 Å². The molecule has 94 valence electrons.